The number of nitrogens with two attached hydrogens (primary N) is 1. The van der Waals surface area contributed by atoms with Gasteiger partial charge in [0.2, 0.25) is 0 Å². The summed E-state index contributed by atoms with van der Waals surface area (Å²) in [7, 11) is 0. The van der Waals surface area contributed by atoms with Gasteiger partial charge in [-0.1, -0.05) is 40.3 Å². The zero-order valence-electron chi connectivity index (χ0n) is 11.1. The predicted molar refractivity (Wildman–Crippen MR) is 102 cm³/mol. The summed E-state index contributed by atoms with van der Waals surface area (Å²) < 4.78 is 1.73. The van der Waals surface area contributed by atoms with Crippen LogP contribution in [0.5, 0.6) is 0 Å². The molecule has 0 fully saturated rings. The highest BCUT2D eigenvalue weighted by Gasteiger charge is 2.14. The third-order valence-corrected chi connectivity index (χ3v) is 4.58. The van der Waals surface area contributed by atoms with Gasteiger partial charge in [0.05, 0.1) is 11.3 Å². The van der Waals surface area contributed by atoms with Gasteiger partial charge >= 0.3 is 0 Å². The van der Waals surface area contributed by atoms with Gasteiger partial charge < -0.3 is 11.1 Å². The molecule has 21 heavy (non-hydrogen) atoms. The van der Waals surface area contributed by atoms with E-state index < -0.39 is 0 Å². The lowest BCUT2D eigenvalue weighted by Gasteiger charge is -2.13. The minimum Gasteiger partial charge on any atom is -0.389 e. The average molecular weight is 475 g/mol. The zero-order chi connectivity index (χ0) is 15.6. The average Bonchev–Trinajstić information content (AvgIpc) is 2.41. The largest absolute Gasteiger partial charge is 0.389 e. The van der Waals surface area contributed by atoms with Crippen LogP contribution in [-0.2, 0) is 0 Å². The maximum atomic E-state index is 12.5. The quantitative estimate of drug-likeness (QED) is 0.516. The van der Waals surface area contributed by atoms with Crippen molar-refractivity contribution in [3.05, 3.63) is 61.1 Å². The Morgan fingerprint density at radius 2 is 2.05 bits per heavy atom. The van der Waals surface area contributed by atoms with Crippen molar-refractivity contribution in [1.29, 1.82) is 0 Å². The number of halogens is 2. The molecule has 2 aromatic rings. The predicted octanol–water partition coefficient (Wildman–Crippen LogP) is 4.25. The van der Waals surface area contributed by atoms with Gasteiger partial charge in [-0.15, -0.1) is 0 Å². The third kappa shape index (κ3) is 3.81. The Balaban J connectivity index is 2.39. The summed E-state index contributed by atoms with van der Waals surface area (Å²) in [6.07, 6.45) is 0. The number of aryl methyl sites for hydroxylation is 1. The monoisotopic (exact) mass is 474 g/mol. The van der Waals surface area contributed by atoms with E-state index in [1.54, 1.807) is 12.1 Å². The zero-order valence-corrected chi connectivity index (χ0v) is 15.7. The van der Waals surface area contributed by atoms with E-state index in [0.717, 1.165) is 13.6 Å². The van der Waals surface area contributed by atoms with E-state index in [9.17, 15) is 4.79 Å². The molecule has 2 rings (SSSR count). The van der Waals surface area contributed by atoms with Crippen molar-refractivity contribution >= 4 is 67.3 Å². The number of amides is 1. The molecule has 0 spiro atoms. The molecule has 0 heterocycles. The molecule has 0 bridgehead atoms. The van der Waals surface area contributed by atoms with E-state index in [0.29, 0.717) is 16.8 Å². The summed E-state index contributed by atoms with van der Waals surface area (Å²) in [6.45, 7) is 1.91. The fourth-order valence-corrected chi connectivity index (χ4v) is 3.17. The van der Waals surface area contributed by atoms with Gasteiger partial charge in [0, 0.05) is 13.6 Å². The number of anilines is 1. The molecular weight excluding hydrogens is 463 g/mol. The molecular formula is C15H12BrIN2OS. The summed E-state index contributed by atoms with van der Waals surface area (Å²) in [5.74, 6) is -0.191. The smallest absolute Gasteiger partial charge is 0.256 e. The highest BCUT2D eigenvalue weighted by molar-refractivity contribution is 14.1. The van der Waals surface area contributed by atoms with Crippen LogP contribution < -0.4 is 11.1 Å². The summed E-state index contributed by atoms with van der Waals surface area (Å²) in [6, 6.07) is 11.1. The Morgan fingerprint density at radius 1 is 1.33 bits per heavy atom. The highest BCUT2D eigenvalue weighted by Crippen LogP contribution is 2.23. The molecule has 1 amide bonds. The second kappa shape index (κ2) is 6.85. The second-order valence-electron chi connectivity index (χ2n) is 4.44. The number of benzene rings is 2. The van der Waals surface area contributed by atoms with Crippen LogP contribution in [0.1, 0.15) is 21.5 Å². The number of carbonyl (C=O) groups is 1. The van der Waals surface area contributed by atoms with Gasteiger partial charge in [0.15, 0.2) is 0 Å². The Bertz CT molecular complexity index is 734. The molecule has 0 aliphatic carbocycles. The van der Waals surface area contributed by atoms with E-state index >= 15 is 0 Å². The van der Waals surface area contributed by atoms with Gasteiger partial charge in [0.25, 0.3) is 5.91 Å². The molecule has 0 aromatic heterocycles. The molecule has 0 aliphatic heterocycles. The normalized spacial score (nSPS) is 10.2. The van der Waals surface area contributed by atoms with Crippen molar-refractivity contribution in [3.63, 3.8) is 0 Å². The maximum Gasteiger partial charge on any atom is 0.256 e. The second-order valence-corrected chi connectivity index (χ2v) is 6.96. The summed E-state index contributed by atoms with van der Waals surface area (Å²) in [5.41, 5.74) is 8.61. The molecule has 3 N–H and O–H groups in total. The number of hydrogen-bond donors (Lipinski definition) is 2. The Hall–Kier alpha value is -0.990. The minimum absolute atomic E-state index is 0.191. The van der Waals surface area contributed by atoms with E-state index in [4.69, 9.17) is 18.0 Å². The minimum atomic E-state index is -0.191. The van der Waals surface area contributed by atoms with E-state index in [-0.39, 0.29) is 10.9 Å². The van der Waals surface area contributed by atoms with Crippen molar-refractivity contribution in [2.75, 3.05) is 5.32 Å². The molecule has 0 saturated heterocycles. The molecule has 0 saturated carbocycles. The molecule has 108 valence electrons. The number of hydrogen-bond acceptors (Lipinski definition) is 2. The molecule has 2 aromatic carbocycles. The van der Waals surface area contributed by atoms with Crippen LogP contribution in [0.3, 0.4) is 0 Å². The fourth-order valence-electron chi connectivity index (χ4n) is 1.96. The lowest BCUT2D eigenvalue weighted by molar-refractivity contribution is 0.102. The van der Waals surface area contributed by atoms with E-state index in [2.05, 4.69) is 43.8 Å². The molecule has 3 nitrogen and oxygen atoms in total. The SMILES string of the molecule is Cc1cccc(NC(=O)c2cc(Br)ccc2I)c1C(N)=S. The van der Waals surface area contributed by atoms with Crippen LogP contribution in [0.25, 0.3) is 0 Å². The van der Waals surface area contributed by atoms with Crippen LogP contribution in [0, 0.1) is 10.5 Å². The number of thiocarbonyl (C=S) groups is 1. The van der Waals surface area contributed by atoms with E-state index in [1.807, 2.05) is 31.2 Å². The standard InChI is InChI=1S/C15H12BrIN2OS/c1-8-3-2-4-12(13(8)14(18)21)19-15(20)10-7-9(16)5-6-11(10)17/h2-7H,1H3,(H2,18,21)(H,19,20). The van der Waals surface area contributed by atoms with Crippen molar-refractivity contribution in [1.82, 2.24) is 0 Å². The topological polar surface area (TPSA) is 55.1 Å². The van der Waals surface area contributed by atoms with Crippen LogP contribution in [0.2, 0.25) is 0 Å². The van der Waals surface area contributed by atoms with Crippen molar-refractivity contribution < 1.29 is 4.79 Å². The van der Waals surface area contributed by atoms with Gasteiger partial charge in [-0.3, -0.25) is 4.79 Å². The molecule has 0 radical (unpaired) electrons. The number of nitrogens with one attached hydrogen (secondary N) is 1. The van der Waals surface area contributed by atoms with Crippen molar-refractivity contribution in [3.8, 4) is 0 Å². The number of carbonyl (C=O) groups excluding carboxylic acids is 1. The van der Waals surface area contributed by atoms with Crippen LogP contribution in [0.15, 0.2) is 40.9 Å². The molecule has 0 atom stereocenters. The van der Waals surface area contributed by atoms with Gasteiger partial charge in [-0.25, -0.2) is 0 Å². The van der Waals surface area contributed by atoms with Crippen molar-refractivity contribution in [2.24, 2.45) is 5.73 Å². The first-order valence-electron chi connectivity index (χ1n) is 6.06. The lowest BCUT2D eigenvalue weighted by Crippen LogP contribution is -2.19. The molecule has 0 unspecified atom stereocenters. The number of rotatable bonds is 3. The Labute approximate surface area is 150 Å². The first-order valence-corrected chi connectivity index (χ1v) is 8.34. The van der Waals surface area contributed by atoms with Gasteiger partial charge in [-0.05, 0) is 59.3 Å². The highest BCUT2D eigenvalue weighted by atomic mass is 127. The summed E-state index contributed by atoms with van der Waals surface area (Å²) in [5, 5.41) is 2.88. The maximum absolute atomic E-state index is 12.5. The first kappa shape index (κ1) is 16.4. The fraction of sp³-hybridized carbons (Fsp3) is 0.0667. The Kier molecular flexibility index (Phi) is 5.34. The molecule has 6 heteroatoms. The lowest BCUT2D eigenvalue weighted by atomic mass is 10.1. The van der Waals surface area contributed by atoms with Crippen LogP contribution >= 0.6 is 50.7 Å². The van der Waals surface area contributed by atoms with Gasteiger partial charge in [-0.2, -0.15) is 0 Å². The third-order valence-electron chi connectivity index (χ3n) is 2.94. The Morgan fingerprint density at radius 3 is 2.71 bits per heavy atom. The van der Waals surface area contributed by atoms with E-state index in [1.165, 1.54) is 0 Å². The summed E-state index contributed by atoms with van der Waals surface area (Å²) >= 11 is 10.6. The van der Waals surface area contributed by atoms with Gasteiger partial charge in [0.1, 0.15) is 4.99 Å². The van der Waals surface area contributed by atoms with Crippen molar-refractivity contribution in [2.45, 2.75) is 6.92 Å². The first-order chi connectivity index (χ1) is 9.90. The van der Waals surface area contributed by atoms with Crippen LogP contribution in [-0.4, -0.2) is 10.9 Å². The summed E-state index contributed by atoms with van der Waals surface area (Å²) in [4.78, 5) is 12.7. The van der Waals surface area contributed by atoms with Crippen LogP contribution in [0.4, 0.5) is 5.69 Å². The molecule has 0 aliphatic rings.